The molecule has 0 bridgehead atoms. The molecule has 0 aromatic rings. The predicted molar refractivity (Wildman–Crippen MR) is 169 cm³/mol. The van der Waals surface area contributed by atoms with Crippen LogP contribution in [0.25, 0.3) is 0 Å². The first-order chi connectivity index (χ1) is 13.8. The van der Waals surface area contributed by atoms with Gasteiger partial charge in [0.1, 0.15) is 0 Å². The smallest absolute Gasteiger partial charge is 0.225 e. The lowest BCUT2D eigenvalue weighted by Gasteiger charge is -2.21. The molecule has 6 nitrogen and oxygen atoms in total. The molecule has 0 spiro atoms. The Hall–Kier alpha value is -1.59. The van der Waals surface area contributed by atoms with Crippen LogP contribution in [0.3, 0.4) is 0 Å². The average molecular weight is 526 g/mol. The summed E-state index contributed by atoms with van der Waals surface area (Å²) in [5.74, 6) is 1.20. The van der Waals surface area contributed by atoms with E-state index < -0.39 is 0 Å². The third kappa shape index (κ3) is 30.4. The van der Waals surface area contributed by atoms with Crippen molar-refractivity contribution in [2.24, 2.45) is 17.8 Å². The van der Waals surface area contributed by atoms with Crippen molar-refractivity contribution >= 4 is 17.7 Å². The van der Waals surface area contributed by atoms with Gasteiger partial charge in [-0.25, -0.2) is 0 Å². The molecule has 0 radical (unpaired) electrons. The average Bonchev–Trinajstić information content (AvgIpc) is 2.72. The van der Waals surface area contributed by atoms with E-state index >= 15 is 0 Å². The standard InChI is InChI=1S/C9H19NO.C8H17NO.C7H15NO.6CH4/c1-5-8(4)9(11)10(6-2)7-3;1-5-7(4)8(10)9-6(2)3;1-5-6(2)7(9)8(3)4;;;;;;/h8H,5-7H2,1-4H3;6-7H,5H2,1-4H3,(H,9,10);6H,5H2,1-4H3;6*1H4. The van der Waals surface area contributed by atoms with Gasteiger partial charge in [-0.3, -0.25) is 14.4 Å². The third-order valence-electron chi connectivity index (χ3n) is 5.07. The van der Waals surface area contributed by atoms with Crippen molar-refractivity contribution in [1.82, 2.24) is 15.1 Å². The number of hydrogen-bond donors (Lipinski definition) is 1. The summed E-state index contributed by atoms with van der Waals surface area (Å²) in [6.45, 7) is 21.6. The lowest BCUT2D eigenvalue weighted by atomic mass is 10.1. The van der Waals surface area contributed by atoms with E-state index in [0.29, 0.717) is 0 Å². The van der Waals surface area contributed by atoms with Crippen LogP contribution in [0.2, 0.25) is 0 Å². The molecule has 228 valence electrons. The second-order valence-electron chi connectivity index (χ2n) is 8.33. The molecule has 36 heavy (non-hydrogen) atoms. The van der Waals surface area contributed by atoms with Gasteiger partial charge in [0, 0.05) is 51.0 Å². The van der Waals surface area contributed by atoms with Crippen LogP contribution < -0.4 is 5.32 Å². The van der Waals surface area contributed by atoms with E-state index in [0.717, 1.165) is 32.4 Å². The van der Waals surface area contributed by atoms with E-state index in [9.17, 15) is 14.4 Å². The molecule has 0 heterocycles. The molecule has 0 fully saturated rings. The number of amides is 3. The Kier molecular flexibility index (Phi) is 58.8. The number of carbonyl (C=O) groups is 3. The van der Waals surface area contributed by atoms with E-state index in [-0.39, 0.29) is 86.1 Å². The maximum atomic E-state index is 11.5. The zero-order chi connectivity index (χ0) is 24.4. The minimum absolute atomic E-state index is 0. The Bertz CT molecular complexity index is 462. The summed E-state index contributed by atoms with van der Waals surface area (Å²) >= 11 is 0. The fourth-order valence-corrected chi connectivity index (χ4v) is 2.25. The summed E-state index contributed by atoms with van der Waals surface area (Å²) in [7, 11) is 3.57. The minimum atomic E-state index is 0. The molecule has 0 rings (SSSR count). The second kappa shape index (κ2) is 35.6. The van der Waals surface area contributed by atoms with Gasteiger partial charge in [0.25, 0.3) is 0 Å². The van der Waals surface area contributed by atoms with Crippen LogP contribution >= 0.6 is 0 Å². The van der Waals surface area contributed by atoms with Gasteiger partial charge < -0.3 is 15.1 Å². The van der Waals surface area contributed by atoms with Crippen molar-refractivity contribution < 1.29 is 14.4 Å². The van der Waals surface area contributed by atoms with Crippen LogP contribution in [0.5, 0.6) is 0 Å². The zero-order valence-corrected chi connectivity index (χ0v) is 22.0. The molecule has 6 heteroatoms. The molecule has 3 unspecified atom stereocenters. The van der Waals surface area contributed by atoms with Gasteiger partial charge in [0.05, 0.1) is 0 Å². The van der Waals surface area contributed by atoms with E-state index in [1.807, 2.05) is 74.1 Å². The largest absolute Gasteiger partial charge is 0.354 e. The molecule has 0 aliphatic rings. The second-order valence-corrected chi connectivity index (χ2v) is 8.33. The van der Waals surface area contributed by atoms with Crippen LogP contribution in [0.15, 0.2) is 0 Å². The molecule has 0 aliphatic heterocycles. The van der Waals surface area contributed by atoms with Crippen molar-refractivity contribution in [3.05, 3.63) is 0 Å². The Morgan fingerprint density at radius 3 is 1.08 bits per heavy atom. The normalized spacial score (nSPS) is 10.8. The SMILES string of the molecule is C.C.C.C.C.C.CCC(C)C(=O)N(C)C.CCC(C)C(=O)N(CC)CC.CCC(C)C(=O)NC(C)C. The maximum absolute atomic E-state index is 11.5. The first-order valence-corrected chi connectivity index (χ1v) is 11.6. The summed E-state index contributed by atoms with van der Waals surface area (Å²) < 4.78 is 0. The van der Waals surface area contributed by atoms with E-state index in [1.54, 1.807) is 19.0 Å². The fourth-order valence-electron chi connectivity index (χ4n) is 2.25. The molecule has 3 amide bonds. The van der Waals surface area contributed by atoms with Crippen LogP contribution in [-0.2, 0) is 14.4 Å². The highest BCUT2D eigenvalue weighted by Crippen LogP contribution is 2.05. The van der Waals surface area contributed by atoms with Gasteiger partial charge in [-0.15, -0.1) is 0 Å². The number of nitrogens with one attached hydrogen (secondary N) is 1. The number of carbonyl (C=O) groups excluding carboxylic acids is 3. The Morgan fingerprint density at radius 2 is 0.889 bits per heavy atom. The molecular weight excluding hydrogens is 450 g/mol. The summed E-state index contributed by atoms with van der Waals surface area (Å²) in [5, 5.41) is 2.85. The van der Waals surface area contributed by atoms with Crippen LogP contribution in [-0.4, -0.2) is 60.7 Å². The first-order valence-electron chi connectivity index (χ1n) is 11.6. The first kappa shape index (κ1) is 59.5. The van der Waals surface area contributed by atoms with Crippen molar-refractivity contribution in [3.63, 3.8) is 0 Å². The van der Waals surface area contributed by atoms with E-state index in [4.69, 9.17) is 0 Å². The molecule has 0 aromatic carbocycles. The van der Waals surface area contributed by atoms with Crippen LogP contribution in [0.4, 0.5) is 0 Å². The molecule has 0 aliphatic carbocycles. The highest BCUT2D eigenvalue weighted by molar-refractivity contribution is 5.79. The summed E-state index contributed by atoms with van der Waals surface area (Å²) in [6, 6.07) is 0.265. The number of hydrogen-bond acceptors (Lipinski definition) is 3. The quantitative estimate of drug-likeness (QED) is 0.328. The molecular formula is C30H75N3O3. The summed E-state index contributed by atoms with van der Waals surface area (Å²) in [5.41, 5.74) is 0. The highest BCUT2D eigenvalue weighted by Gasteiger charge is 2.15. The van der Waals surface area contributed by atoms with Crippen molar-refractivity contribution in [2.75, 3.05) is 27.2 Å². The molecule has 1 N–H and O–H groups in total. The van der Waals surface area contributed by atoms with Gasteiger partial charge in [-0.1, -0.05) is 86.1 Å². The molecule has 0 aromatic heterocycles. The molecule has 3 atom stereocenters. The van der Waals surface area contributed by atoms with Crippen molar-refractivity contribution in [1.29, 1.82) is 0 Å². The van der Waals surface area contributed by atoms with Crippen molar-refractivity contribution in [3.8, 4) is 0 Å². The lowest BCUT2D eigenvalue weighted by Crippen LogP contribution is -2.34. The van der Waals surface area contributed by atoms with Crippen molar-refractivity contribution in [2.45, 2.75) is 139 Å². The van der Waals surface area contributed by atoms with Gasteiger partial charge in [0.15, 0.2) is 0 Å². The molecule has 0 saturated heterocycles. The summed E-state index contributed by atoms with van der Waals surface area (Å²) in [6.07, 6.45) is 2.78. The predicted octanol–water partition coefficient (Wildman–Crippen LogP) is 8.40. The minimum Gasteiger partial charge on any atom is -0.354 e. The Balaban J connectivity index is -0.0000000402. The van der Waals surface area contributed by atoms with E-state index in [1.165, 1.54) is 0 Å². The van der Waals surface area contributed by atoms with Crippen LogP contribution in [0, 0.1) is 17.8 Å². The fraction of sp³-hybridized carbons (Fsp3) is 0.900. The van der Waals surface area contributed by atoms with Gasteiger partial charge in [-0.05, 0) is 47.0 Å². The highest BCUT2D eigenvalue weighted by atomic mass is 16.2. The Morgan fingerprint density at radius 1 is 0.583 bits per heavy atom. The lowest BCUT2D eigenvalue weighted by molar-refractivity contribution is -0.134. The Labute approximate surface area is 231 Å². The zero-order valence-electron chi connectivity index (χ0n) is 22.0. The van der Waals surface area contributed by atoms with Gasteiger partial charge in [-0.2, -0.15) is 0 Å². The monoisotopic (exact) mass is 526 g/mol. The van der Waals surface area contributed by atoms with Crippen LogP contribution in [0.1, 0.15) is 133 Å². The summed E-state index contributed by atoms with van der Waals surface area (Å²) in [4.78, 5) is 37.1. The topological polar surface area (TPSA) is 69.7 Å². The molecule has 0 saturated carbocycles. The number of rotatable bonds is 9. The van der Waals surface area contributed by atoms with E-state index in [2.05, 4.69) is 5.32 Å². The third-order valence-corrected chi connectivity index (χ3v) is 5.07. The van der Waals surface area contributed by atoms with Gasteiger partial charge >= 0.3 is 0 Å². The maximum Gasteiger partial charge on any atom is 0.225 e. The van der Waals surface area contributed by atoms with Gasteiger partial charge in [0.2, 0.25) is 17.7 Å². The number of nitrogens with zero attached hydrogens (tertiary/aromatic N) is 2.